The highest BCUT2D eigenvalue weighted by molar-refractivity contribution is 9.10. The van der Waals surface area contributed by atoms with E-state index in [9.17, 15) is 8.78 Å². The van der Waals surface area contributed by atoms with Crippen molar-refractivity contribution in [1.29, 1.82) is 0 Å². The van der Waals surface area contributed by atoms with Gasteiger partial charge in [-0.1, -0.05) is 21.1 Å². The van der Waals surface area contributed by atoms with Gasteiger partial charge in [-0.2, -0.15) is 0 Å². The molecule has 0 aliphatic rings. The van der Waals surface area contributed by atoms with E-state index in [0.29, 0.717) is 4.47 Å². The Bertz CT molecular complexity index is 677. The molecule has 20 heavy (non-hydrogen) atoms. The van der Waals surface area contributed by atoms with Gasteiger partial charge in [0.1, 0.15) is 11.6 Å². The molecule has 2 aromatic rings. The summed E-state index contributed by atoms with van der Waals surface area (Å²) in [6.07, 6.45) is 0. The average molecular weight is 343 g/mol. The highest BCUT2D eigenvalue weighted by atomic mass is 79.9. The Kier molecular flexibility index (Phi) is 4.19. The van der Waals surface area contributed by atoms with E-state index < -0.39 is 11.6 Å². The van der Waals surface area contributed by atoms with Crippen molar-refractivity contribution in [2.75, 3.05) is 0 Å². The van der Waals surface area contributed by atoms with Crippen molar-refractivity contribution in [1.82, 2.24) is 0 Å². The van der Waals surface area contributed by atoms with Gasteiger partial charge in [-0.25, -0.2) is 8.78 Å². The van der Waals surface area contributed by atoms with Crippen LogP contribution >= 0.6 is 15.9 Å². The summed E-state index contributed by atoms with van der Waals surface area (Å²) in [6, 6.07) is 7.56. The van der Waals surface area contributed by atoms with Crippen LogP contribution in [0.2, 0.25) is 0 Å². The maximum atomic E-state index is 13.6. The molecule has 4 nitrogen and oxygen atoms in total. The monoisotopic (exact) mass is 342 g/mol. The van der Waals surface area contributed by atoms with Crippen molar-refractivity contribution in [3.05, 3.63) is 58.1 Å². The molecule has 0 saturated heterocycles. The highest BCUT2D eigenvalue weighted by Gasteiger charge is 2.13. The minimum atomic E-state index is -0.594. The minimum Gasteiger partial charge on any atom is -0.453 e. The number of nitrogens with zero attached hydrogens (tertiary/aromatic N) is 1. The standard InChI is InChI=1S/C13H9BrF2N2O2/c14-7-1-3-10(16)12(5-7)20-11-4-2-8(15)6-9(11)13(17)18-19/h1-6,19H,(H2,17,18). The third-order valence-electron chi connectivity index (χ3n) is 2.44. The lowest BCUT2D eigenvalue weighted by atomic mass is 10.2. The molecule has 0 atom stereocenters. The maximum absolute atomic E-state index is 13.6. The van der Waals surface area contributed by atoms with E-state index in [-0.39, 0.29) is 22.9 Å². The molecule has 0 aliphatic carbocycles. The number of benzene rings is 2. The summed E-state index contributed by atoms with van der Waals surface area (Å²) in [4.78, 5) is 0. The molecule has 0 spiro atoms. The molecule has 3 N–H and O–H groups in total. The first-order valence-electron chi connectivity index (χ1n) is 5.41. The van der Waals surface area contributed by atoms with Crippen molar-refractivity contribution in [3.63, 3.8) is 0 Å². The summed E-state index contributed by atoms with van der Waals surface area (Å²) in [5, 5.41) is 11.5. The van der Waals surface area contributed by atoms with Crippen molar-refractivity contribution in [3.8, 4) is 11.5 Å². The van der Waals surface area contributed by atoms with E-state index in [1.54, 1.807) is 0 Å². The molecule has 0 aliphatic heterocycles. The SMILES string of the molecule is N/C(=N/O)c1cc(F)ccc1Oc1cc(Br)ccc1F. The number of oxime groups is 1. The average Bonchev–Trinajstić information content (AvgIpc) is 2.43. The first kappa shape index (κ1) is 14.3. The van der Waals surface area contributed by atoms with Crippen LogP contribution in [0, 0.1) is 11.6 Å². The summed E-state index contributed by atoms with van der Waals surface area (Å²) in [7, 11) is 0. The smallest absolute Gasteiger partial charge is 0.173 e. The Morgan fingerprint density at radius 2 is 1.90 bits per heavy atom. The predicted molar refractivity (Wildman–Crippen MR) is 73.1 cm³/mol. The number of halogens is 3. The molecule has 0 fully saturated rings. The van der Waals surface area contributed by atoms with Gasteiger partial charge < -0.3 is 15.7 Å². The van der Waals surface area contributed by atoms with E-state index >= 15 is 0 Å². The van der Waals surface area contributed by atoms with E-state index in [1.807, 2.05) is 0 Å². The number of hydrogen-bond acceptors (Lipinski definition) is 3. The molecule has 0 unspecified atom stereocenters. The number of rotatable bonds is 3. The minimum absolute atomic E-state index is 0.0203. The van der Waals surface area contributed by atoms with E-state index in [4.69, 9.17) is 15.7 Å². The zero-order valence-corrected chi connectivity index (χ0v) is 11.6. The van der Waals surface area contributed by atoms with Gasteiger partial charge in [-0.3, -0.25) is 0 Å². The fourth-order valence-corrected chi connectivity index (χ4v) is 1.86. The van der Waals surface area contributed by atoms with Gasteiger partial charge in [-0.15, -0.1) is 0 Å². The lowest BCUT2D eigenvalue weighted by Gasteiger charge is -2.11. The van der Waals surface area contributed by atoms with Crippen LogP contribution in [0.25, 0.3) is 0 Å². The van der Waals surface area contributed by atoms with E-state index in [2.05, 4.69) is 21.1 Å². The van der Waals surface area contributed by atoms with Gasteiger partial charge >= 0.3 is 0 Å². The third-order valence-corrected chi connectivity index (χ3v) is 2.93. The van der Waals surface area contributed by atoms with Gasteiger partial charge in [0.2, 0.25) is 0 Å². The normalized spacial score (nSPS) is 11.4. The Morgan fingerprint density at radius 1 is 1.15 bits per heavy atom. The Hall–Kier alpha value is -2.15. The van der Waals surface area contributed by atoms with Crippen molar-refractivity contribution >= 4 is 21.8 Å². The summed E-state index contributed by atoms with van der Waals surface area (Å²) >= 11 is 3.19. The molecular weight excluding hydrogens is 334 g/mol. The zero-order chi connectivity index (χ0) is 14.7. The first-order valence-corrected chi connectivity index (χ1v) is 6.21. The number of ether oxygens (including phenoxy) is 1. The van der Waals surface area contributed by atoms with Gasteiger partial charge in [-0.05, 0) is 36.4 Å². The van der Waals surface area contributed by atoms with Gasteiger partial charge in [0.05, 0.1) is 5.56 Å². The van der Waals surface area contributed by atoms with Crippen molar-refractivity contribution in [2.45, 2.75) is 0 Å². The number of hydrogen-bond donors (Lipinski definition) is 2. The molecule has 0 aromatic heterocycles. The van der Waals surface area contributed by atoms with Crippen molar-refractivity contribution in [2.24, 2.45) is 10.9 Å². The van der Waals surface area contributed by atoms with Gasteiger partial charge in [0, 0.05) is 4.47 Å². The Labute approximate surface area is 121 Å². The fourth-order valence-electron chi connectivity index (χ4n) is 1.52. The predicted octanol–water partition coefficient (Wildman–Crippen LogP) is 3.61. The molecule has 104 valence electrons. The summed E-state index contributed by atoms with van der Waals surface area (Å²) < 4.78 is 32.8. The molecule has 0 radical (unpaired) electrons. The highest BCUT2D eigenvalue weighted by Crippen LogP contribution is 2.30. The van der Waals surface area contributed by atoms with Crippen molar-refractivity contribution < 1.29 is 18.7 Å². The maximum Gasteiger partial charge on any atom is 0.173 e. The second-order valence-electron chi connectivity index (χ2n) is 3.80. The van der Waals surface area contributed by atoms with Crippen LogP contribution in [0.1, 0.15) is 5.56 Å². The topological polar surface area (TPSA) is 67.8 Å². The molecule has 2 aromatic carbocycles. The van der Waals surface area contributed by atoms with Crippen LogP contribution in [0.3, 0.4) is 0 Å². The molecular formula is C13H9BrF2N2O2. The lowest BCUT2D eigenvalue weighted by Crippen LogP contribution is -2.14. The molecule has 0 amide bonds. The van der Waals surface area contributed by atoms with Crippen LogP contribution in [-0.2, 0) is 0 Å². The number of nitrogens with two attached hydrogens (primary N) is 1. The molecule has 2 rings (SSSR count). The zero-order valence-electron chi connectivity index (χ0n) is 9.98. The second-order valence-corrected chi connectivity index (χ2v) is 4.72. The molecule has 7 heteroatoms. The summed E-state index contributed by atoms with van der Waals surface area (Å²) in [5.41, 5.74) is 5.46. The van der Waals surface area contributed by atoms with Gasteiger partial charge in [0.25, 0.3) is 0 Å². The van der Waals surface area contributed by atoms with E-state index in [0.717, 1.165) is 12.1 Å². The van der Waals surface area contributed by atoms with Crippen LogP contribution in [0.4, 0.5) is 8.78 Å². The second kappa shape index (κ2) is 5.87. The van der Waals surface area contributed by atoms with Crippen LogP contribution in [0.5, 0.6) is 11.5 Å². The summed E-state index contributed by atoms with van der Waals surface area (Å²) in [6.45, 7) is 0. The van der Waals surface area contributed by atoms with Gasteiger partial charge in [0.15, 0.2) is 17.4 Å². The summed E-state index contributed by atoms with van der Waals surface area (Å²) in [5.74, 6) is -1.52. The third kappa shape index (κ3) is 3.05. The largest absolute Gasteiger partial charge is 0.453 e. The van der Waals surface area contributed by atoms with Crippen LogP contribution < -0.4 is 10.5 Å². The Morgan fingerprint density at radius 3 is 2.60 bits per heavy atom. The molecule has 0 saturated carbocycles. The fraction of sp³-hybridized carbons (Fsp3) is 0. The molecule has 0 bridgehead atoms. The molecule has 0 heterocycles. The lowest BCUT2D eigenvalue weighted by molar-refractivity contribution is 0.318. The van der Waals surface area contributed by atoms with E-state index in [1.165, 1.54) is 24.3 Å². The Balaban J connectivity index is 2.46. The van der Waals surface area contributed by atoms with Crippen LogP contribution in [0.15, 0.2) is 46.0 Å². The van der Waals surface area contributed by atoms with Crippen LogP contribution in [-0.4, -0.2) is 11.0 Å². The quantitative estimate of drug-likeness (QED) is 0.387. The first-order chi connectivity index (χ1) is 9.51. The number of amidine groups is 1.